The van der Waals surface area contributed by atoms with Crippen LogP contribution in [0.5, 0.6) is 0 Å². The Morgan fingerprint density at radius 3 is 2.40 bits per heavy atom. The predicted molar refractivity (Wildman–Crippen MR) is 46.0 cm³/mol. The highest BCUT2D eigenvalue weighted by Crippen LogP contribution is 2.02. The third kappa shape index (κ3) is 6.05. The van der Waals surface area contributed by atoms with Crippen molar-refractivity contribution in [3.8, 4) is 0 Å². The molecule has 0 aromatic carbocycles. The molecule has 0 rings (SSSR count). The van der Waals surface area contributed by atoms with Crippen LogP contribution < -0.4 is 5.73 Å². The molecule has 0 aromatic heterocycles. The van der Waals surface area contributed by atoms with Crippen LogP contribution in [-0.4, -0.2) is 32.1 Å². The molecule has 0 heterocycles. The summed E-state index contributed by atoms with van der Waals surface area (Å²) in [4.78, 5) is 2.21. The topological polar surface area (TPSA) is 29.3 Å². The Kier molecular flexibility index (Phi) is 5.64. The molecule has 0 aliphatic rings. The number of hydrogen-bond donors (Lipinski definition) is 1. The Morgan fingerprint density at radius 1 is 1.40 bits per heavy atom. The van der Waals surface area contributed by atoms with Crippen LogP contribution in [0, 0.1) is 5.92 Å². The van der Waals surface area contributed by atoms with Crippen molar-refractivity contribution in [1.29, 1.82) is 0 Å². The van der Waals surface area contributed by atoms with E-state index >= 15 is 0 Å². The van der Waals surface area contributed by atoms with E-state index in [9.17, 15) is 0 Å². The zero-order valence-corrected chi connectivity index (χ0v) is 7.43. The second-order valence-electron chi connectivity index (χ2n) is 3.29. The Morgan fingerprint density at radius 2 is 2.00 bits per heavy atom. The molecule has 0 bridgehead atoms. The first kappa shape index (κ1) is 9.92. The van der Waals surface area contributed by atoms with Crippen LogP contribution >= 0.6 is 0 Å². The summed E-state index contributed by atoms with van der Waals surface area (Å²) in [5.41, 5.74) is 5.48. The van der Waals surface area contributed by atoms with Crippen molar-refractivity contribution < 1.29 is 0 Å². The fourth-order valence-electron chi connectivity index (χ4n) is 0.874. The predicted octanol–water partition coefficient (Wildman–Crippen LogP) is 0.923. The molecule has 0 aliphatic carbocycles. The Balaban J connectivity index is 3.03. The van der Waals surface area contributed by atoms with E-state index in [0.29, 0.717) is 5.92 Å². The largest absolute Gasteiger partial charge is 0.330 e. The molecule has 0 amide bonds. The third-order valence-corrected chi connectivity index (χ3v) is 1.70. The van der Waals surface area contributed by atoms with Crippen molar-refractivity contribution in [2.75, 3.05) is 27.2 Å². The first-order chi connectivity index (χ1) is 4.66. The lowest BCUT2D eigenvalue weighted by Crippen LogP contribution is -2.16. The Hall–Kier alpha value is -0.0800. The van der Waals surface area contributed by atoms with E-state index in [0.717, 1.165) is 6.54 Å². The molecule has 0 radical (unpaired) electrons. The van der Waals surface area contributed by atoms with Gasteiger partial charge in [-0.25, -0.2) is 0 Å². The summed E-state index contributed by atoms with van der Waals surface area (Å²) in [5.74, 6) is 0.694. The van der Waals surface area contributed by atoms with Crippen LogP contribution in [0.4, 0.5) is 0 Å². The molecule has 0 aromatic rings. The van der Waals surface area contributed by atoms with Gasteiger partial charge in [-0.1, -0.05) is 6.92 Å². The van der Waals surface area contributed by atoms with Crippen LogP contribution in [0.15, 0.2) is 0 Å². The summed E-state index contributed by atoms with van der Waals surface area (Å²) >= 11 is 0. The van der Waals surface area contributed by atoms with Crippen LogP contribution in [0.25, 0.3) is 0 Å². The van der Waals surface area contributed by atoms with Crippen LogP contribution in [0.1, 0.15) is 19.8 Å². The van der Waals surface area contributed by atoms with Gasteiger partial charge in [-0.05, 0) is 45.9 Å². The number of rotatable bonds is 5. The molecule has 10 heavy (non-hydrogen) atoms. The first-order valence-electron chi connectivity index (χ1n) is 4.01. The van der Waals surface area contributed by atoms with Gasteiger partial charge >= 0.3 is 0 Å². The van der Waals surface area contributed by atoms with E-state index in [1.165, 1.54) is 19.4 Å². The maximum atomic E-state index is 5.48. The molecular weight excluding hydrogens is 124 g/mol. The number of nitrogens with zero attached hydrogens (tertiary/aromatic N) is 1. The summed E-state index contributed by atoms with van der Waals surface area (Å²) in [6.45, 7) is 4.22. The van der Waals surface area contributed by atoms with Gasteiger partial charge < -0.3 is 10.6 Å². The Labute approximate surface area is 64.4 Å². The van der Waals surface area contributed by atoms with Gasteiger partial charge in [-0.2, -0.15) is 0 Å². The summed E-state index contributed by atoms with van der Waals surface area (Å²) in [5, 5.41) is 0. The maximum Gasteiger partial charge on any atom is -0.00247 e. The van der Waals surface area contributed by atoms with Gasteiger partial charge in [0.15, 0.2) is 0 Å². The van der Waals surface area contributed by atoms with E-state index in [1.54, 1.807) is 0 Å². The summed E-state index contributed by atoms with van der Waals surface area (Å²) < 4.78 is 0. The third-order valence-electron chi connectivity index (χ3n) is 1.70. The summed E-state index contributed by atoms with van der Waals surface area (Å²) in [6.07, 6.45) is 2.53. The second-order valence-corrected chi connectivity index (χ2v) is 3.29. The molecule has 1 unspecified atom stereocenters. The molecule has 1 atom stereocenters. The number of nitrogens with two attached hydrogens (primary N) is 1. The first-order valence-corrected chi connectivity index (χ1v) is 4.01. The van der Waals surface area contributed by atoms with E-state index in [-0.39, 0.29) is 0 Å². The lowest BCUT2D eigenvalue weighted by Gasteiger charge is -2.11. The van der Waals surface area contributed by atoms with Crippen molar-refractivity contribution >= 4 is 0 Å². The fourth-order valence-corrected chi connectivity index (χ4v) is 0.874. The molecule has 2 heteroatoms. The lowest BCUT2D eigenvalue weighted by atomic mass is 10.1. The van der Waals surface area contributed by atoms with Crippen molar-refractivity contribution in [2.45, 2.75) is 19.8 Å². The van der Waals surface area contributed by atoms with Crippen molar-refractivity contribution in [3.63, 3.8) is 0 Å². The van der Waals surface area contributed by atoms with Gasteiger partial charge in [0.1, 0.15) is 0 Å². The quantitative estimate of drug-likeness (QED) is 0.622. The van der Waals surface area contributed by atoms with Gasteiger partial charge in [0.25, 0.3) is 0 Å². The van der Waals surface area contributed by atoms with Gasteiger partial charge in [0, 0.05) is 0 Å². The minimum atomic E-state index is 0.694. The van der Waals surface area contributed by atoms with Crippen LogP contribution in [0.3, 0.4) is 0 Å². The van der Waals surface area contributed by atoms with Gasteiger partial charge in [0.2, 0.25) is 0 Å². The van der Waals surface area contributed by atoms with Gasteiger partial charge in [-0.15, -0.1) is 0 Å². The van der Waals surface area contributed by atoms with E-state index in [2.05, 4.69) is 25.9 Å². The molecule has 0 saturated heterocycles. The molecular formula is C8H20N2. The summed E-state index contributed by atoms with van der Waals surface area (Å²) in [7, 11) is 4.21. The fraction of sp³-hybridized carbons (Fsp3) is 1.00. The molecule has 62 valence electrons. The van der Waals surface area contributed by atoms with Gasteiger partial charge in [0.05, 0.1) is 0 Å². The highest BCUT2D eigenvalue weighted by Gasteiger charge is 1.98. The SMILES string of the molecule is CC(CN)CCCN(C)C. The van der Waals surface area contributed by atoms with Crippen molar-refractivity contribution in [2.24, 2.45) is 11.7 Å². The van der Waals surface area contributed by atoms with E-state index in [1.807, 2.05) is 0 Å². The number of hydrogen-bond acceptors (Lipinski definition) is 2. The smallest absolute Gasteiger partial charge is 0.00247 e. The van der Waals surface area contributed by atoms with Crippen LogP contribution in [0.2, 0.25) is 0 Å². The second kappa shape index (κ2) is 5.69. The maximum absolute atomic E-state index is 5.48. The minimum absolute atomic E-state index is 0.694. The van der Waals surface area contributed by atoms with Crippen molar-refractivity contribution in [1.82, 2.24) is 4.90 Å². The van der Waals surface area contributed by atoms with Crippen LogP contribution in [-0.2, 0) is 0 Å². The molecule has 0 saturated carbocycles. The highest BCUT2D eigenvalue weighted by atomic mass is 15.0. The molecule has 0 aliphatic heterocycles. The monoisotopic (exact) mass is 144 g/mol. The van der Waals surface area contributed by atoms with Crippen molar-refractivity contribution in [3.05, 3.63) is 0 Å². The highest BCUT2D eigenvalue weighted by molar-refractivity contribution is 4.54. The van der Waals surface area contributed by atoms with E-state index < -0.39 is 0 Å². The average molecular weight is 144 g/mol. The normalized spacial score (nSPS) is 14.1. The standard InChI is InChI=1S/C8H20N2/c1-8(7-9)5-4-6-10(2)3/h8H,4-7,9H2,1-3H3. The van der Waals surface area contributed by atoms with Gasteiger partial charge in [-0.3, -0.25) is 0 Å². The minimum Gasteiger partial charge on any atom is -0.330 e. The molecule has 2 nitrogen and oxygen atoms in total. The molecule has 2 N–H and O–H groups in total. The molecule has 0 fully saturated rings. The zero-order valence-electron chi connectivity index (χ0n) is 7.43. The van der Waals surface area contributed by atoms with E-state index in [4.69, 9.17) is 5.73 Å². The summed E-state index contributed by atoms with van der Waals surface area (Å²) in [6, 6.07) is 0. The zero-order chi connectivity index (χ0) is 7.98. The average Bonchev–Trinajstić information content (AvgIpc) is 1.87. The Bertz CT molecular complexity index is 71.7. The lowest BCUT2D eigenvalue weighted by molar-refractivity contribution is 0.374. The molecule has 0 spiro atoms.